The summed E-state index contributed by atoms with van der Waals surface area (Å²) in [6.07, 6.45) is 1.96. The molecule has 0 saturated carbocycles. The minimum absolute atomic E-state index is 0.0944. The predicted molar refractivity (Wildman–Crippen MR) is 68.9 cm³/mol. The smallest absolute Gasteiger partial charge is 0.285 e. The summed E-state index contributed by atoms with van der Waals surface area (Å²) in [7, 11) is -3.52. The summed E-state index contributed by atoms with van der Waals surface area (Å²) in [5, 5.41) is 0. The van der Waals surface area contributed by atoms with Gasteiger partial charge in [0.2, 0.25) is 0 Å². The van der Waals surface area contributed by atoms with Crippen LogP contribution in [0, 0.1) is 0 Å². The first-order chi connectivity index (χ1) is 8.58. The molecule has 6 heteroatoms. The van der Waals surface area contributed by atoms with Crippen LogP contribution in [0.5, 0.6) is 0 Å². The molecule has 1 aromatic carbocycles. The lowest BCUT2D eigenvalue weighted by atomic mass is 10.1. The van der Waals surface area contributed by atoms with Gasteiger partial charge in [0.05, 0.1) is 0 Å². The van der Waals surface area contributed by atoms with Gasteiger partial charge >= 0.3 is 0 Å². The van der Waals surface area contributed by atoms with Gasteiger partial charge in [0.1, 0.15) is 4.90 Å². The van der Waals surface area contributed by atoms with E-state index >= 15 is 0 Å². The Morgan fingerprint density at radius 3 is 2.89 bits per heavy atom. The largest absolute Gasteiger partial charge is 0.354 e. The first-order valence-corrected chi connectivity index (χ1v) is 7.47. The van der Waals surface area contributed by atoms with Crippen LogP contribution in [0.3, 0.4) is 0 Å². The standard InChI is InChI=1S/C12H15N3O2S/c13-9-4-3-7-15(8-9)12-10-5-1-2-6-11(10)18(16,17)14-12/h1-2,5-6,9H,3-4,7-8,13H2/t9-/m1/s1. The monoisotopic (exact) mass is 265 g/mol. The summed E-state index contributed by atoms with van der Waals surface area (Å²) in [4.78, 5) is 2.29. The second-order valence-electron chi connectivity index (χ2n) is 4.73. The van der Waals surface area contributed by atoms with Crippen LogP contribution < -0.4 is 5.73 Å². The van der Waals surface area contributed by atoms with E-state index in [1.807, 2.05) is 11.0 Å². The van der Waals surface area contributed by atoms with Gasteiger partial charge in [-0.2, -0.15) is 8.42 Å². The van der Waals surface area contributed by atoms with E-state index in [4.69, 9.17) is 5.73 Å². The van der Waals surface area contributed by atoms with Crippen molar-refractivity contribution in [1.82, 2.24) is 4.90 Å². The molecule has 0 unspecified atom stereocenters. The second kappa shape index (κ2) is 4.07. The number of amidine groups is 1. The first kappa shape index (κ1) is 11.7. The lowest BCUT2D eigenvalue weighted by Crippen LogP contribution is -2.45. The molecule has 5 nitrogen and oxygen atoms in total. The van der Waals surface area contributed by atoms with Crippen LogP contribution in [0.1, 0.15) is 18.4 Å². The molecule has 18 heavy (non-hydrogen) atoms. The van der Waals surface area contributed by atoms with Gasteiger partial charge in [0, 0.05) is 24.7 Å². The zero-order valence-corrected chi connectivity index (χ0v) is 10.7. The van der Waals surface area contributed by atoms with Crippen molar-refractivity contribution < 1.29 is 8.42 Å². The summed E-state index contributed by atoms with van der Waals surface area (Å²) in [6, 6.07) is 7.05. The third-order valence-corrected chi connectivity index (χ3v) is 4.69. The molecular weight excluding hydrogens is 250 g/mol. The van der Waals surface area contributed by atoms with Crippen LogP contribution in [-0.4, -0.2) is 38.3 Å². The van der Waals surface area contributed by atoms with Crippen molar-refractivity contribution in [3.05, 3.63) is 29.8 Å². The number of benzene rings is 1. The number of piperidine rings is 1. The Bertz CT molecular complexity index is 610. The number of likely N-dealkylation sites (tertiary alicyclic amines) is 1. The highest BCUT2D eigenvalue weighted by molar-refractivity contribution is 7.90. The molecule has 2 aliphatic rings. The lowest BCUT2D eigenvalue weighted by molar-refractivity contribution is 0.310. The Balaban J connectivity index is 2.04. The molecule has 2 N–H and O–H groups in total. The number of sulfonamides is 1. The third kappa shape index (κ3) is 1.81. The zero-order chi connectivity index (χ0) is 12.8. The maximum Gasteiger partial charge on any atom is 0.285 e. The van der Waals surface area contributed by atoms with Crippen molar-refractivity contribution in [3.8, 4) is 0 Å². The maximum atomic E-state index is 11.9. The van der Waals surface area contributed by atoms with Gasteiger partial charge in [0.15, 0.2) is 5.84 Å². The quantitative estimate of drug-likeness (QED) is 0.743. The van der Waals surface area contributed by atoms with E-state index < -0.39 is 10.0 Å². The average Bonchev–Trinajstić information content (AvgIpc) is 2.63. The molecule has 1 aromatic rings. The number of nitrogens with two attached hydrogens (primary N) is 1. The Hall–Kier alpha value is -1.40. The third-order valence-electron chi connectivity index (χ3n) is 3.37. The van der Waals surface area contributed by atoms with E-state index in [-0.39, 0.29) is 6.04 Å². The maximum absolute atomic E-state index is 11.9. The fourth-order valence-electron chi connectivity index (χ4n) is 2.52. The Labute approximate surface area is 106 Å². The molecule has 0 bridgehead atoms. The van der Waals surface area contributed by atoms with Crippen LogP contribution >= 0.6 is 0 Å². The molecule has 0 amide bonds. The van der Waals surface area contributed by atoms with Gasteiger partial charge in [0.25, 0.3) is 10.0 Å². The molecule has 1 fully saturated rings. The minimum atomic E-state index is -3.52. The van der Waals surface area contributed by atoms with Crippen molar-refractivity contribution in [1.29, 1.82) is 0 Å². The molecular formula is C12H15N3O2S. The first-order valence-electron chi connectivity index (χ1n) is 6.03. The van der Waals surface area contributed by atoms with Crippen molar-refractivity contribution in [2.45, 2.75) is 23.8 Å². The van der Waals surface area contributed by atoms with Gasteiger partial charge in [-0.05, 0) is 25.0 Å². The van der Waals surface area contributed by atoms with Crippen molar-refractivity contribution in [2.24, 2.45) is 10.1 Å². The van der Waals surface area contributed by atoms with Gasteiger partial charge in [-0.25, -0.2) is 0 Å². The van der Waals surface area contributed by atoms with Gasteiger partial charge < -0.3 is 10.6 Å². The predicted octanol–water partition coefficient (Wildman–Crippen LogP) is 0.559. The topological polar surface area (TPSA) is 75.8 Å². The number of nitrogens with zero attached hydrogens (tertiary/aromatic N) is 2. The van der Waals surface area contributed by atoms with Crippen molar-refractivity contribution >= 4 is 15.9 Å². The fraction of sp³-hybridized carbons (Fsp3) is 0.417. The van der Waals surface area contributed by atoms with Crippen molar-refractivity contribution in [2.75, 3.05) is 13.1 Å². The molecule has 0 aromatic heterocycles. The summed E-state index contributed by atoms with van der Waals surface area (Å²) < 4.78 is 27.8. The van der Waals surface area contributed by atoms with E-state index in [1.54, 1.807) is 18.2 Å². The Kier molecular flexibility index (Phi) is 2.64. The molecule has 2 aliphatic heterocycles. The van der Waals surface area contributed by atoms with Crippen LogP contribution in [0.4, 0.5) is 0 Å². The summed E-state index contributed by atoms with van der Waals surface area (Å²) >= 11 is 0. The SMILES string of the molecule is N[C@@H]1CCCN(C2=NS(=O)(=O)c3ccccc32)C1. The van der Waals surface area contributed by atoms with Crippen LogP contribution in [0.15, 0.2) is 33.6 Å². The molecule has 0 aliphatic carbocycles. The molecule has 1 atom stereocenters. The second-order valence-corrected chi connectivity index (χ2v) is 6.31. The van der Waals surface area contributed by atoms with Crippen LogP contribution in [0.2, 0.25) is 0 Å². The van der Waals surface area contributed by atoms with E-state index in [0.717, 1.165) is 19.4 Å². The van der Waals surface area contributed by atoms with Gasteiger partial charge in [-0.1, -0.05) is 12.1 Å². The summed E-state index contributed by atoms with van der Waals surface area (Å²) in [5.41, 5.74) is 6.63. The molecule has 96 valence electrons. The Morgan fingerprint density at radius 1 is 1.33 bits per heavy atom. The number of hydrogen-bond donors (Lipinski definition) is 1. The van der Waals surface area contributed by atoms with Gasteiger partial charge in [-0.3, -0.25) is 0 Å². The number of fused-ring (bicyclic) bond motifs is 1. The van der Waals surface area contributed by atoms with E-state index in [9.17, 15) is 8.42 Å². The summed E-state index contributed by atoms with van der Waals surface area (Å²) in [6.45, 7) is 1.49. The molecule has 2 heterocycles. The van der Waals surface area contributed by atoms with Gasteiger partial charge in [-0.15, -0.1) is 4.40 Å². The highest BCUT2D eigenvalue weighted by Gasteiger charge is 2.32. The molecule has 3 rings (SSSR count). The fourth-order valence-corrected chi connectivity index (χ4v) is 3.75. The molecule has 0 radical (unpaired) electrons. The lowest BCUT2D eigenvalue weighted by Gasteiger charge is -2.32. The highest BCUT2D eigenvalue weighted by Crippen LogP contribution is 2.28. The average molecular weight is 265 g/mol. The van der Waals surface area contributed by atoms with Crippen molar-refractivity contribution in [3.63, 3.8) is 0 Å². The molecule has 1 saturated heterocycles. The zero-order valence-electron chi connectivity index (χ0n) is 9.91. The molecule has 0 spiro atoms. The van der Waals surface area contributed by atoms with E-state index in [1.165, 1.54) is 0 Å². The normalized spacial score (nSPS) is 25.7. The van der Waals surface area contributed by atoms with Crippen LogP contribution in [0.25, 0.3) is 0 Å². The number of hydrogen-bond acceptors (Lipinski definition) is 4. The Morgan fingerprint density at radius 2 is 2.11 bits per heavy atom. The highest BCUT2D eigenvalue weighted by atomic mass is 32.2. The van der Waals surface area contributed by atoms with E-state index in [2.05, 4.69) is 4.40 Å². The minimum Gasteiger partial charge on any atom is -0.354 e. The van der Waals surface area contributed by atoms with E-state index in [0.29, 0.717) is 22.8 Å². The van der Waals surface area contributed by atoms with Crippen LogP contribution in [-0.2, 0) is 10.0 Å². The number of rotatable bonds is 0. The summed E-state index contributed by atoms with van der Waals surface area (Å²) in [5.74, 6) is 0.556.